The number of aliphatic hydroxyl groups excluding tert-OH is 1. The molecule has 3 heteroatoms. The summed E-state index contributed by atoms with van der Waals surface area (Å²) in [6, 6.07) is 7.55. The fraction of sp³-hybridized carbons (Fsp3) is 0.500. The molecule has 1 atom stereocenters. The molecule has 1 unspecified atom stereocenters. The third-order valence-corrected chi connectivity index (χ3v) is 3.39. The standard InChI is InChI=1S/C14H20O2S/c1-5-17-11-8-6-10(7-9-11)12(15)13(16)14(2,3)4/h6-9,12,15H,5H2,1-4H3. The number of thioether (sulfide) groups is 1. The predicted octanol–water partition coefficient (Wildman–Crippen LogP) is 3.45. The lowest BCUT2D eigenvalue weighted by atomic mass is 9.85. The van der Waals surface area contributed by atoms with Gasteiger partial charge in [-0.2, -0.15) is 0 Å². The Kier molecular flexibility index (Phi) is 4.78. The fourth-order valence-electron chi connectivity index (χ4n) is 1.47. The van der Waals surface area contributed by atoms with Gasteiger partial charge in [0.05, 0.1) is 0 Å². The smallest absolute Gasteiger partial charge is 0.171 e. The number of carbonyl (C=O) groups is 1. The number of benzene rings is 1. The Hall–Kier alpha value is -0.800. The Morgan fingerprint density at radius 2 is 1.82 bits per heavy atom. The van der Waals surface area contributed by atoms with E-state index in [2.05, 4.69) is 6.92 Å². The van der Waals surface area contributed by atoms with Gasteiger partial charge >= 0.3 is 0 Å². The van der Waals surface area contributed by atoms with Crippen molar-refractivity contribution in [3.05, 3.63) is 29.8 Å². The van der Waals surface area contributed by atoms with Crippen molar-refractivity contribution in [3.8, 4) is 0 Å². The van der Waals surface area contributed by atoms with E-state index in [4.69, 9.17) is 0 Å². The van der Waals surface area contributed by atoms with Crippen molar-refractivity contribution >= 4 is 17.5 Å². The van der Waals surface area contributed by atoms with Gasteiger partial charge in [0.15, 0.2) is 5.78 Å². The largest absolute Gasteiger partial charge is 0.381 e. The summed E-state index contributed by atoms with van der Waals surface area (Å²) >= 11 is 1.74. The zero-order chi connectivity index (χ0) is 13.1. The monoisotopic (exact) mass is 252 g/mol. The number of carbonyl (C=O) groups excluding carboxylic acids is 1. The first kappa shape index (κ1) is 14.3. The van der Waals surface area contributed by atoms with Crippen LogP contribution in [0.1, 0.15) is 39.4 Å². The molecule has 0 aromatic heterocycles. The molecule has 0 aliphatic rings. The summed E-state index contributed by atoms with van der Waals surface area (Å²) < 4.78 is 0. The van der Waals surface area contributed by atoms with Crippen molar-refractivity contribution in [2.75, 3.05) is 5.75 Å². The molecule has 0 aliphatic carbocycles. The molecule has 1 N–H and O–H groups in total. The van der Waals surface area contributed by atoms with Crippen LogP contribution in [0.3, 0.4) is 0 Å². The van der Waals surface area contributed by atoms with Crippen LogP contribution in [0.25, 0.3) is 0 Å². The van der Waals surface area contributed by atoms with Crippen molar-refractivity contribution < 1.29 is 9.90 Å². The van der Waals surface area contributed by atoms with E-state index in [0.717, 1.165) is 10.6 Å². The molecule has 0 saturated carbocycles. The summed E-state index contributed by atoms with van der Waals surface area (Å²) in [6.45, 7) is 7.55. The molecule has 0 radical (unpaired) electrons. The Labute approximate surface area is 107 Å². The molecule has 2 nitrogen and oxygen atoms in total. The van der Waals surface area contributed by atoms with Crippen LogP contribution in [0.15, 0.2) is 29.2 Å². The van der Waals surface area contributed by atoms with Crippen LogP contribution in [0.2, 0.25) is 0 Å². The Morgan fingerprint density at radius 1 is 1.29 bits per heavy atom. The molecule has 0 saturated heterocycles. The minimum absolute atomic E-state index is 0.145. The number of Topliss-reactive ketones (excluding diaryl/α,β-unsaturated/α-hetero) is 1. The van der Waals surface area contributed by atoms with Crippen LogP contribution in [0.5, 0.6) is 0 Å². The van der Waals surface area contributed by atoms with Gasteiger partial charge in [-0.1, -0.05) is 39.8 Å². The average Bonchev–Trinajstić information content (AvgIpc) is 2.27. The van der Waals surface area contributed by atoms with Gasteiger partial charge in [-0.15, -0.1) is 11.8 Å². The first-order valence-electron chi connectivity index (χ1n) is 5.81. The van der Waals surface area contributed by atoms with Gasteiger partial charge < -0.3 is 5.11 Å². The molecule has 0 spiro atoms. The molecule has 1 aromatic rings. The van der Waals surface area contributed by atoms with Crippen LogP contribution in [0.4, 0.5) is 0 Å². The van der Waals surface area contributed by atoms with Crippen molar-refractivity contribution in [3.63, 3.8) is 0 Å². The number of aliphatic hydroxyl groups is 1. The van der Waals surface area contributed by atoms with Gasteiger partial charge in [0.2, 0.25) is 0 Å². The number of rotatable bonds is 4. The maximum absolute atomic E-state index is 11.9. The van der Waals surface area contributed by atoms with Crippen molar-refractivity contribution in [1.82, 2.24) is 0 Å². The molecule has 0 amide bonds. The number of hydrogen-bond acceptors (Lipinski definition) is 3. The molecule has 1 aromatic carbocycles. The van der Waals surface area contributed by atoms with Crippen LogP contribution in [0, 0.1) is 5.41 Å². The lowest BCUT2D eigenvalue weighted by molar-refractivity contribution is -0.135. The SMILES string of the molecule is CCSc1ccc(C(O)C(=O)C(C)(C)C)cc1. The van der Waals surface area contributed by atoms with Gasteiger partial charge in [0.25, 0.3) is 0 Å². The highest BCUT2D eigenvalue weighted by atomic mass is 32.2. The van der Waals surface area contributed by atoms with Crippen molar-refractivity contribution in [1.29, 1.82) is 0 Å². The lowest BCUT2D eigenvalue weighted by Gasteiger charge is -2.21. The third kappa shape index (κ3) is 3.86. The Balaban J connectivity index is 2.83. The van der Waals surface area contributed by atoms with Crippen LogP contribution < -0.4 is 0 Å². The van der Waals surface area contributed by atoms with Gasteiger partial charge in [-0.05, 0) is 23.4 Å². The van der Waals surface area contributed by atoms with E-state index in [1.807, 2.05) is 45.0 Å². The summed E-state index contributed by atoms with van der Waals surface area (Å²) in [6.07, 6.45) is -1.02. The molecule has 0 bridgehead atoms. The van der Waals surface area contributed by atoms with Crippen LogP contribution in [-0.2, 0) is 4.79 Å². The Bertz CT molecular complexity index is 376. The van der Waals surface area contributed by atoms with E-state index in [1.165, 1.54) is 0 Å². The van der Waals surface area contributed by atoms with E-state index >= 15 is 0 Å². The maximum atomic E-state index is 11.9. The number of ketones is 1. The van der Waals surface area contributed by atoms with Gasteiger partial charge in [0.1, 0.15) is 6.10 Å². The second-order valence-electron chi connectivity index (χ2n) is 5.02. The molecule has 1 rings (SSSR count). The van der Waals surface area contributed by atoms with Crippen molar-refractivity contribution in [2.45, 2.75) is 38.7 Å². The summed E-state index contributed by atoms with van der Waals surface area (Å²) in [5.74, 6) is 0.872. The highest BCUT2D eigenvalue weighted by molar-refractivity contribution is 7.99. The second kappa shape index (κ2) is 5.69. The first-order valence-corrected chi connectivity index (χ1v) is 6.80. The second-order valence-corrected chi connectivity index (χ2v) is 6.36. The normalized spacial score (nSPS) is 13.5. The molecule has 0 fully saturated rings. The van der Waals surface area contributed by atoms with Crippen LogP contribution >= 0.6 is 11.8 Å². The van der Waals surface area contributed by atoms with Crippen LogP contribution in [-0.4, -0.2) is 16.6 Å². The highest BCUT2D eigenvalue weighted by Crippen LogP contribution is 2.27. The van der Waals surface area contributed by atoms with E-state index in [1.54, 1.807) is 11.8 Å². The van der Waals surface area contributed by atoms with Gasteiger partial charge in [-0.3, -0.25) is 4.79 Å². The molecular formula is C14H20O2S. The molecular weight excluding hydrogens is 232 g/mol. The zero-order valence-corrected chi connectivity index (χ0v) is 11.7. The quantitative estimate of drug-likeness (QED) is 0.834. The summed E-state index contributed by atoms with van der Waals surface area (Å²) in [4.78, 5) is 13.1. The third-order valence-electron chi connectivity index (χ3n) is 2.49. The topological polar surface area (TPSA) is 37.3 Å². The molecule has 0 heterocycles. The number of hydrogen-bond donors (Lipinski definition) is 1. The predicted molar refractivity (Wildman–Crippen MR) is 72.3 cm³/mol. The minimum atomic E-state index is -1.02. The molecule has 94 valence electrons. The molecule has 17 heavy (non-hydrogen) atoms. The highest BCUT2D eigenvalue weighted by Gasteiger charge is 2.29. The van der Waals surface area contributed by atoms with E-state index in [9.17, 15) is 9.90 Å². The van der Waals surface area contributed by atoms with E-state index < -0.39 is 11.5 Å². The lowest BCUT2D eigenvalue weighted by Crippen LogP contribution is -2.26. The summed E-state index contributed by atoms with van der Waals surface area (Å²) in [7, 11) is 0. The van der Waals surface area contributed by atoms with Crippen molar-refractivity contribution in [2.24, 2.45) is 5.41 Å². The fourth-order valence-corrected chi connectivity index (χ4v) is 2.14. The average molecular weight is 252 g/mol. The van der Waals surface area contributed by atoms with Gasteiger partial charge in [0, 0.05) is 10.3 Å². The summed E-state index contributed by atoms with van der Waals surface area (Å²) in [5.41, 5.74) is 0.154. The van der Waals surface area contributed by atoms with E-state index in [-0.39, 0.29) is 5.78 Å². The molecule has 0 aliphatic heterocycles. The summed E-state index contributed by atoms with van der Waals surface area (Å²) in [5, 5.41) is 9.99. The van der Waals surface area contributed by atoms with E-state index in [0.29, 0.717) is 5.56 Å². The minimum Gasteiger partial charge on any atom is -0.381 e. The maximum Gasteiger partial charge on any atom is 0.171 e. The Morgan fingerprint density at radius 3 is 2.24 bits per heavy atom. The first-order chi connectivity index (χ1) is 7.86. The zero-order valence-electron chi connectivity index (χ0n) is 10.9. The van der Waals surface area contributed by atoms with Gasteiger partial charge in [-0.25, -0.2) is 0 Å².